The Labute approximate surface area is 409 Å². The molecular formula is C44H69N11O16. The summed E-state index contributed by atoms with van der Waals surface area (Å²) in [5, 5.41) is 58.8. The summed E-state index contributed by atoms with van der Waals surface area (Å²) in [6, 6.07) is -7.41. The Kier molecular flexibility index (Phi) is 25.7. The minimum atomic E-state index is -1.86. The second-order valence-electron chi connectivity index (χ2n) is 17.8. The first-order valence-electron chi connectivity index (χ1n) is 22.5. The SMILES string of the molecule is CC(C)C[C@H](NC(=O)[C@H](CC(=O)O)NC(=O)[C@H](CC(N)=O)NC(=O)[C@@H](NC(=O)[C@@H](NC(=O)[C@H](C)NC(=O)CNC(=O)[C@H](C)NC(=O)[C@H](Cc1ccc(O)cc1)NC(=O)[C@@H](N)CO)C(C)C)C(C)C)C(=O)O. The molecule has 1 aromatic carbocycles. The van der Waals surface area contributed by atoms with Crippen LogP contribution in [0.2, 0.25) is 0 Å². The molecule has 0 aliphatic carbocycles. The maximum Gasteiger partial charge on any atom is 0.326 e. The highest BCUT2D eigenvalue weighted by molar-refractivity contribution is 5.99. The van der Waals surface area contributed by atoms with Gasteiger partial charge in [0, 0.05) is 6.42 Å². The number of aromatic hydroxyl groups is 1. The van der Waals surface area contributed by atoms with Crippen molar-refractivity contribution in [3.05, 3.63) is 29.8 Å². The van der Waals surface area contributed by atoms with Crippen LogP contribution in [0.4, 0.5) is 0 Å². The maximum absolute atomic E-state index is 13.7. The quantitative estimate of drug-likeness (QED) is 0.0343. The van der Waals surface area contributed by atoms with Crippen molar-refractivity contribution in [1.82, 2.24) is 47.9 Å². The molecule has 0 spiro atoms. The second-order valence-corrected chi connectivity index (χ2v) is 17.8. The van der Waals surface area contributed by atoms with Gasteiger partial charge in [-0.1, -0.05) is 53.7 Å². The number of hydrogen-bond acceptors (Lipinski definition) is 15. The molecule has 0 aliphatic rings. The zero-order chi connectivity index (χ0) is 54.4. The third-order valence-electron chi connectivity index (χ3n) is 10.4. The number of benzene rings is 1. The molecule has 1 aromatic rings. The number of phenolic OH excluding ortho intramolecular Hbond substituents is 1. The molecule has 396 valence electrons. The third kappa shape index (κ3) is 22.3. The number of carboxylic acid groups (broad SMARTS) is 2. The minimum absolute atomic E-state index is 0.0376. The Balaban J connectivity index is 3.02. The highest BCUT2D eigenvalue weighted by atomic mass is 16.4. The van der Waals surface area contributed by atoms with Gasteiger partial charge in [0.05, 0.1) is 26.0 Å². The lowest BCUT2D eigenvalue weighted by atomic mass is 9.99. The number of aliphatic hydroxyl groups excluding tert-OH is 1. The molecule has 0 aromatic heterocycles. The Morgan fingerprint density at radius 3 is 1.46 bits per heavy atom. The molecule has 0 fully saturated rings. The summed E-state index contributed by atoms with van der Waals surface area (Å²) >= 11 is 0. The van der Waals surface area contributed by atoms with Gasteiger partial charge < -0.3 is 79.7 Å². The molecule has 0 aliphatic heterocycles. The van der Waals surface area contributed by atoms with Crippen LogP contribution in [0.1, 0.15) is 80.2 Å². The van der Waals surface area contributed by atoms with E-state index >= 15 is 0 Å². The number of aliphatic carboxylic acids is 2. The van der Waals surface area contributed by atoms with Crippen molar-refractivity contribution in [1.29, 1.82) is 0 Å². The van der Waals surface area contributed by atoms with Gasteiger partial charge in [0.15, 0.2) is 0 Å². The first-order chi connectivity index (χ1) is 33.0. The smallest absolute Gasteiger partial charge is 0.326 e. The zero-order valence-corrected chi connectivity index (χ0v) is 40.8. The van der Waals surface area contributed by atoms with Gasteiger partial charge in [-0.05, 0) is 55.7 Å². The Hall–Kier alpha value is -7.42. The number of primary amides is 1. The van der Waals surface area contributed by atoms with E-state index in [0.717, 1.165) is 0 Å². The lowest BCUT2D eigenvalue weighted by Gasteiger charge is -2.29. The van der Waals surface area contributed by atoms with Crippen molar-refractivity contribution in [3.63, 3.8) is 0 Å². The fourth-order valence-corrected chi connectivity index (χ4v) is 6.38. The molecule has 71 heavy (non-hydrogen) atoms. The van der Waals surface area contributed by atoms with Crippen LogP contribution in [-0.4, -0.2) is 159 Å². The fraction of sp³-hybridized carbons (Fsp3) is 0.591. The van der Waals surface area contributed by atoms with E-state index in [1.165, 1.54) is 52.0 Å². The average molecular weight is 1010 g/mol. The predicted molar refractivity (Wildman–Crippen MR) is 250 cm³/mol. The normalized spacial score (nSPS) is 14.9. The van der Waals surface area contributed by atoms with Crippen molar-refractivity contribution in [2.45, 2.75) is 135 Å². The Bertz CT molecular complexity index is 2080. The van der Waals surface area contributed by atoms with Crippen molar-refractivity contribution in [2.75, 3.05) is 13.2 Å². The van der Waals surface area contributed by atoms with Gasteiger partial charge in [-0.2, -0.15) is 0 Å². The molecule has 10 amide bonds. The van der Waals surface area contributed by atoms with Crippen LogP contribution >= 0.6 is 0 Å². The van der Waals surface area contributed by atoms with E-state index in [2.05, 4.69) is 47.9 Å². The van der Waals surface area contributed by atoms with Gasteiger partial charge in [-0.25, -0.2) is 4.79 Å². The summed E-state index contributed by atoms with van der Waals surface area (Å²) in [5.74, 6) is -14.3. The molecule has 1 rings (SSSR count). The first kappa shape index (κ1) is 61.6. The fourth-order valence-electron chi connectivity index (χ4n) is 6.38. The van der Waals surface area contributed by atoms with Crippen LogP contribution in [0.5, 0.6) is 5.75 Å². The van der Waals surface area contributed by atoms with Gasteiger partial charge in [0.1, 0.15) is 60.1 Å². The molecule has 27 nitrogen and oxygen atoms in total. The highest BCUT2D eigenvalue weighted by Crippen LogP contribution is 2.13. The van der Waals surface area contributed by atoms with Crippen LogP contribution in [0.25, 0.3) is 0 Å². The first-order valence-corrected chi connectivity index (χ1v) is 22.5. The molecule has 0 saturated heterocycles. The van der Waals surface area contributed by atoms with Crippen LogP contribution < -0.4 is 59.3 Å². The number of rotatable bonds is 30. The number of phenols is 1. The molecular weight excluding hydrogens is 939 g/mol. The average Bonchev–Trinajstić information content (AvgIpc) is 3.27. The lowest BCUT2D eigenvalue weighted by Crippen LogP contribution is -2.61. The molecule has 0 saturated carbocycles. The van der Waals surface area contributed by atoms with E-state index in [0.29, 0.717) is 5.56 Å². The number of aliphatic hydroxyl groups is 1. The number of nitrogens with one attached hydrogen (secondary N) is 9. The Morgan fingerprint density at radius 1 is 0.535 bits per heavy atom. The Morgan fingerprint density at radius 2 is 0.986 bits per heavy atom. The van der Waals surface area contributed by atoms with Crippen molar-refractivity contribution >= 4 is 71.0 Å². The number of hydrogen-bond donors (Lipinski definition) is 15. The summed E-state index contributed by atoms with van der Waals surface area (Å²) < 4.78 is 0. The molecule has 0 radical (unpaired) electrons. The lowest BCUT2D eigenvalue weighted by molar-refractivity contribution is -0.144. The van der Waals surface area contributed by atoms with Gasteiger partial charge in [0.25, 0.3) is 0 Å². The van der Waals surface area contributed by atoms with Gasteiger partial charge in [-0.15, -0.1) is 0 Å². The van der Waals surface area contributed by atoms with E-state index in [9.17, 15) is 78.0 Å². The second kappa shape index (κ2) is 29.6. The van der Waals surface area contributed by atoms with Gasteiger partial charge >= 0.3 is 11.9 Å². The highest BCUT2D eigenvalue weighted by Gasteiger charge is 2.36. The van der Waals surface area contributed by atoms with Crippen LogP contribution in [0, 0.1) is 17.8 Å². The molecule has 0 heterocycles. The van der Waals surface area contributed by atoms with E-state index in [1.54, 1.807) is 27.7 Å². The van der Waals surface area contributed by atoms with E-state index in [4.69, 9.17) is 11.5 Å². The van der Waals surface area contributed by atoms with Crippen LogP contribution in [0.15, 0.2) is 24.3 Å². The standard InChI is InChI=1S/C44H69N11O16/c1-19(2)13-30(44(70)71)53-41(67)29(16-33(60)61)51-40(66)28(15-31(46)58)52-42(68)34(20(3)4)55-43(69)35(21(5)6)54-37(63)23(8)48-32(59)17-47-36(62)22(7)49-39(65)27(50-38(64)26(45)18-56)14-24-9-11-25(57)12-10-24/h9-12,19-23,26-30,34-35,56-57H,13-18,45H2,1-8H3,(H2,46,58)(H,47,62)(H,48,59)(H,49,65)(H,50,64)(H,51,66)(H,52,68)(H,53,67)(H,54,63)(H,55,69)(H,60,61)(H,70,71)/t22-,23-,26-,27-,28-,29-,30-,34-,35-/m0/s1. The van der Waals surface area contributed by atoms with Gasteiger partial charge in [0.2, 0.25) is 59.1 Å². The van der Waals surface area contributed by atoms with Crippen molar-refractivity contribution in [2.24, 2.45) is 29.2 Å². The predicted octanol–water partition coefficient (Wildman–Crippen LogP) is -4.92. The molecule has 0 bridgehead atoms. The number of carbonyl (C=O) groups excluding carboxylic acids is 10. The number of carbonyl (C=O) groups is 12. The monoisotopic (exact) mass is 1010 g/mol. The van der Waals surface area contributed by atoms with Crippen LogP contribution in [0.3, 0.4) is 0 Å². The molecule has 9 atom stereocenters. The minimum Gasteiger partial charge on any atom is -0.508 e. The summed E-state index contributed by atoms with van der Waals surface area (Å²) in [6.07, 6.45) is -2.01. The van der Waals surface area contributed by atoms with Crippen molar-refractivity contribution in [3.8, 4) is 5.75 Å². The van der Waals surface area contributed by atoms with E-state index in [-0.39, 0.29) is 24.5 Å². The number of amides is 10. The topological polar surface area (TPSA) is 446 Å². The van der Waals surface area contributed by atoms with Crippen LogP contribution in [-0.2, 0) is 64.0 Å². The van der Waals surface area contributed by atoms with E-state index in [1.807, 2.05) is 0 Å². The van der Waals surface area contributed by atoms with E-state index < -0.39 is 163 Å². The maximum atomic E-state index is 13.7. The summed E-state index contributed by atoms with van der Waals surface area (Å²) in [6.45, 7) is 10.7. The summed E-state index contributed by atoms with van der Waals surface area (Å²) in [7, 11) is 0. The largest absolute Gasteiger partial charge is 0.508 e. The molecule has 0 unspecified atom stereocenters. The van der Waals surface area contributed by atoms with Gasteiger partial charge in [-0.3, -0.25) is 52.7 Å². The number of nitrogens with two attached hydrogens (primary N) is 2. The summed E-state index contributed by atoms with van der Waals surface area (Å²) in [4.78, 5) is 154. The summed E-state index contributed by atoms with van der Waals surface area (Å²) in [5.41, 5.74) is 11.4. The zero-order valence-electron chi connectivity index (χ0n) is 40.8. The van der Waals surface area contributed by atoms with Crippen molar-refractivity contribution < 1.29 is 78.0 Å². The molecule has 17 N–H and O–H groups in total. The third-order valence-corrected chi connectivity index (χ3v) is 10.4. The number of carboxylic acids is 2. The molecule has 27 heteroatoms.